The van der Waals surface area contributed by atoms with Crippen LogP contribution < -0.4 is 4.80 Å². The maximum Gasteiger partial charge on any atom is 0.317 e. The van der Waals surface area contributed by atoms with Crippen molar-refractivity contribution in [2.45, 2.75) is 6.54 Å². The Bertz CT molecular complexity index is 883. The van der Waals surface area contributed by atoms with Crippen molar-refractivity contribution in [2.75, 3.05) is 13.2 Å². The number of hydrogen-bond acceptors (Lipinski definition) is 4. The summed E-state index contributed by atoms with van der Waals surface area (Å²) in [5.41, 5.74) is 0.766. The molecular formula is C15H12Cl2N2O3S. The third-order valence-electron chi connectivity index (χ3n) is 3.06. The summed E-state index contributed by atoms with van der Waals surface area (Å²) in [5, 5.41) is 1.02. The third kappa shape index (κ3) is 3.29. The largest absolute Gasteiger partial charge is 0.494 e. The van der Waals surface area contributed by atoms with Crippen LogP contribution in [0.15, 0.2) is 41.8 Å². The van der Waals surface area contributed by atoms with E-state index in [2.05, 4.69) is 11.6 Å². The van der Waals surface area contributed by atoms with Gasteiger partial charge in [-0.05, 0) is 12.1 Å². The molecule has 0 bridgehead atoms. The molecule has 8 heteroatoms. The first-order valence-corrected chi connectivity index (χ1v) is 8.30. The van der Waals surface area contributed by atoms with Crippen LogP contribution in [0.25, 0.3) is 10.2 Å². The zero-order valence-corrected chi connectivity index (χ0v) is 14.2. The Morgan fingerprint density at radius 1 is 1.43 bits per heavy atom. The molecule has 23 heavy (non-hydrogen) atoms. The Balaban J connectivity index is 2.16. The third-order valence-corrected chi connectivity index (χ3v) is 4.60. The van der Waals surface area contributed by atoms with E-state index in [1.165, 1.54) is 17.6 Å². The molecule has 0 aliphatic carbocycles. The summed E-state index contributed by atoms with van der Waals surface area (Å²) in [5.74, 6) is -0.417. The summed E-state index contributed by atoms with van der Waals surface area (Å²) in [4.78, 5) is 16.8. The molecule has 5 nitrogen and oxygen atoms in total. The lowest BCUT2D eigenvalue weighted by molar-refractivity contribution is -0.119. The summed E-state index contributed by atoms with van der Waals surface area (Å²) in [7, 11) is 0. The number of rotatable bonds is 3. The van der Waals surface area contributed by atoms with Gasteiger partial charge >= 0.3 is 5.91 Å². The molecule has 1 aromatic heterocycles. The van der Waals surface area contributed by atoms with Crippen molar-refractivity contribution < 1.29 is 14.3 Å². The predicted octanol–water partition coefficient (Wildman–Crippen LogP) is 3.51. The molecule has 1 aromatic carbocycles. The van der Waals surface area contributed by atoms with E-state index in [0.29, 0.717) is 34.6 Å². The Hall–Kier alpha value is -1.76. The summed E-state index contributed by atoms with van der Waals surface area (Å²) in [6.07, 6.45) is 2.99. The number of carbonyl (C=O) groups excluding carboxylic acids is 1. The Morgan fingerprint density at radius 3 is 2.96 bits per heavy atom. The second kappa shape index (κ2) is 6.78. The molecule has 0 saturated heterocycles. The first-order valence-electron chi connectivity index (χ1n) is 6.73. The lowest BCUT2D eigenvalue weighted by Gasteiger charge is -2.12. The van der Waals surface area contributed by atoms with Crippen molar-refractivity contribution in [3.05, 3.63) is 51.7 Å². The minimum atomic E-state index is -0.503. The number of thiazole rings is 1. The number of halogens is 2. The lowest BCUT2D eigenvalue weighted by Crippen LogP contribution is -2.19. The van der Waals surface area contributed by atoms with Gasteiger partial charge in [-0.2, -0.15) is 4.99 Å². The van der Waals surface area contributed by atoms with Crippen molar-refractivity contribution in [1.29, 1.82) is 0 Å². The topological polar surface area (TPSA) is 52.8 Å². The second-order valence-corrected chi connectivity index (χ2v) is 6.49. The van der Waals surface area contributed by atoms with Crippen LogP contribution in [-0.4, -0.2) is 23.7 Å². The van der Waals surface area contributed by atoms with E-state index >= 15 is 0 Å². The number of benzene rings is 1. The van der Waals surface area contributed by atoms with Crippen molar-refractivity contribution in [3.63, 3.8) is 0 Å². The van der Waals surface area contributed by atoms with Crippen molar-refractivity contribution in [3.8, 4) is 0 Å². The maximum atomic E-state index is 12.2. The van der Waals surface area contributed by atoms with Crippen LogP contribution in [0, 0.1) is 0 Å². The molecule has 0 fully saturated rings. The number of ether oxygens (including phenoxy) is 2. The molecule has 0 unspecified atom stereocenters. The van der Waals surface area contributed by atoms with Crippen molar-refractivity contribution >= 4 is 50.7 Å². The fourth-order valence-corrected chi connectivity index (χ4v) is 3.96. The van der Waals surface area contributed by atoms with Crippen LogP contribution in [0.4, 0.5) is 0 Å². The summed E-state index contributed by atoms with van der Waals surface area (Å²) in [6.45, 7) is 4.94. The zero-order chi connectivity index (χ0) is 16.4. The highest BCUT2D eigenvalue weighted by Crippen LogP contribution is 2.29. The Labute approximate surface area is 146 Å². The van der Waals surface area contributed by atoms with Crippen LogP contribution >= 0.6 is 34.5 Å². The molecule has 1 amide bonds. The number of fused-ring (bicyclic) bond motifs is 1. The molecular weight excluding hydrogens is 359 g/mol. The van der Waals surface area contributed by atoms with Crippen molar-refractivity contribution in [1.82, 2.24) is 4.57 Å². The number of carbonyl (C=O) groups is 1. The minimum Gasteiger partial charge on any atom is -0.494 e. The van der Waals surface area contributed by atoms with E-state index in [1.54, 1.807) is 18.2 Å². The van der Waals surface area contributed by atoms with Gasteiger partial charge in [-0.25, -0.2) is 0 Å². The standard InChI is InChI=1S/C15H12Cl2N2O3S/c1-2-3-19-13-10(17)6-9(16)7-12(13)23-15(19)18-14(20)11-8-21-4-5-22-11/h2,6-8H,1,3-5H2. The molecule has 1 aliphatic rings. The minimum absolute atomic E-state index is 0.0861. The lowest BCUT2D eigenvalue weighted by atomic mass is 10.3. The summed E-state index contributed by atoms with van der Waals surface area (Å²) in [6, 6.07) is 3.44. The average molecular weight is 371 g/mol. The second-order valence-electron chi connectivity index (χ2n) is 4.64. The monoisotopic (exact) mass is 370 g/mol. The van der Waals surface area contributed by atoms with Gasteiger partial charge in [0.15, 0.2) is 4.80 Å². The first-order chi connectivity index (χ1) is 11.1. The molecule has 1 aliphatic heterocycles. The smallest absolute Gasteiger partial charge is 0.317 e. The van der Waals surface area contributed by atoms with E-state index in [9.17, 15) is 4.79 Å². The highest BCUT2D eigenvalue weighted by atomic mass is 35.5. The van der Waals surface area contributed by atoms with Crippen molar-refractivity contribution in [2.24, 2.45) is 4.99 Å². The fraction of sp³-hybridized carbons (Fsp3) is 0.200. The number of aromatic nitrogens is 1. The van der Waals surface area contributed by atoms with Gasteiger partial charge < -0.3 is 14.0 Å². The van der Waals surface area contributed by atoms with Gasteiger partial charge in [0.1, 0.15) is 19.5 Å². The highest BCUT2D eigenvalue weighted by Gasteiger charge is 2.16. The van der Waals surface area contributed by atoms with E-state index in [1.807, 2.05) is 4.57 Å². The van der Waals surface area contributed by atoms with E-state index < -0.39 is 5.91 Å². The molecule has 2 aromatic rings. The number of amides is 1. The number of nitrogens with zero attached hydrogens (tertiary/aromatic N) is 2. The normalized spacial score (nSPS) is 15.0. The highest BCUT2D eigenvalue weighted by molar-refractivity contribution is 7.16. The van der Waals surface area contributed by atoms with E-state index in [4.69, 9.17) is 32.7 Å². The number of allylic oxidation sites excluding steroid dienone is 1. The molecule has 2 heterocycles. The fourth-order valence-electron chi connectivity index (χ4n) is 2.14. The van der Waals surface area contributed by atoms with Crippen LogP contribution in [0.2, 0.25) is 10.0 Å². The Morgan fingerprint density at radius 2 is 2.26 bits per heavy atom. The van der Waals surface area contributed by atoms with Gasteiger partial charge in [0.25, 0.3) is 0 Å². The molecule has 120 valence electrons. The van der Waals surface area contributed by atoms with E-state index in [-0.39, 0.29) is 5.76 Å². The van der Waals surface area contributed by atoms with Gasteiger partial charge in [-0.3, -0.25) is 4.79 Å². The SMILES string of the molecule is C=CCn1c(=NC(=O)C2=COCCO2)sc2cc(Cl)cc(Cl)c21. The average Bonchev–Trinajstić information content (AvgIpc) is 2.86. The molecule has 0 radical (unpaired) electrons. The number of hydrogen-bond donors (Lipinski definition) is 0. The summed E-state index contributed by atoms with van der Waals surface area (Å²) >= 11 is 13.6. The van der Waals surface area contributed by atoms with Gasteiger partial charge in [0.05, 0.1) is 15.2 Å². The zero-order valence-electron chi connectivity index (χ0n) is 11.9. The van der Waals surface area contributed by atoms with Crippen LogP contribution in [0.3, 0.4) is 0 Å². The predicted molar refractivity (Wildman–Crippen MR) is 90.6 cm³/mol. The Kier molecular flexibility index (Phi) is 4.75. The maximum absolute atomic E-state index is 12.2. The van der Waals surface area contributed by atoms with Crippen LogP contribution in [0.1, 0.15) is 0 Å². The quantitative estimate of drug-likeness (QED) is 0.776. The van der Waals surface area contributed by atoms with Crippen LogP contribution in [-0.2, 0) is 20.8 Å². The molecule has 0 spiro atoms. The van der Waals surface area contributed by atoms with Gasteiger partial charge in [-0.1, -0.05) is 40.6 Å². The molecule has 3 rings (SSSR count). The van der Waals surface area contributed by atoms with Gasteiger partial charge in [0.2, 0.25) is 5.76 Å². The van der Waals surface area contributed by atoms with Crippen LogP contribution in [0.5, 0.6) is 0 Å². The molecule has 0 saturated carbocycles. The molecule has 0 atom stereocenters. The molecule has 0 N–H and O–H groups in total. The van der Waals surface area contributed by atoms with Gasteiger partial charge in [-0.15, -0.1) is 6.58 Å². The first kappa shape index (κ1) is 16.1. The summed E-state index contributed by atoms with van der Waals surface area (Å²) < 4.78 is 13.0. The van der Waals surface area contributed by atoms with Gasteiger partial charge in [0, 0.05) is 11.6 Å². The van der Waals surface area contributed by atoms with E-state index in [0.717, 1.165) is 10.2 Å².